The second-order valence-electron chi connectivity index (χ2n) is 4.72. The number of carboxylic acids is 1. The van der Waals surface area contributed by atoms with Gasteiger partial charge in [0, 0.05) is 6.61 Å². The number of carbonyl (C=O) groups is 1. The summed E-state index contributed by atoms with van der Waals surface area (Å²) in [5, 5.41) is 9.15. The van der Waals surface area contributed by atoms with Crippen LogP contribution >= 0.6 is 0 Å². The summed E-state index contributed by atoms with van der Waals surface area (Å²) in [6.07, 6.45) is 1.88. The van der Waals surface area contributed by atoms with Crippen LogP contribution in [0.1, 0.15) is 41.9 Å². The van der Waals surface area contributed by atoms with Gasteiger partial charge in [-0.2, -0.15) is 0 Å². The van der Waals surface area contributed by atoms with E-state index in [2.05, 4.69) is 11.9 Å². The molecule has 0 saturated carbocycles. The first-order chi connectivity index (χ1) is 9.20. The number of nitrogens with zero attached hydrogens (tertiary/aromatic N) is 1. The Kier molecular flexibility index (Phi) is 2.98. The third-order valence-electron chi connectivity index (χ3n) is 3.60. The number of hydrogen-bond donors (Lipinski definition) is 1. The van der Waals surface area contributed by atoms with Crippen LogP contribution in [0.25, 0.3) is 11.1 Å². The van der Waals surface area contributed by atoms with Gasteiger partial charge in [-0.3, -0.25) is 0 Å². The monoisotopic (exact) mass is 261 g/mol. The van der Waals surface area contributed by atoms with Crippen molar-refractivity contribution in [2.24, 2.45) is 0 Å². The van der Waals surface area contributed by atoms with Crippen LogP contribution in [0, 0.1) is 0 Å². The maximum atomic E-state index is 11.2. The smallest absolute Gasteiger partial charge is 0.338 e. The van der Waals surface area contributed by atoms with E-state index < -0.39 is 5.97 Å². The number of benzene rings is 1. The summed E-state index contributed by atoms with van der Waals surface area (Å²) in [7, 11) is 0. The normalized spacial score (nSPS) is 23.0. The number of aromatic carboxylic acids is 1. The van der Waals surface area contributed by atoms with Crippen LogP contribution < -0.4 is 0 Å². The van der Waals surface area contributed by atoms with E-state index in [1.807, 2.05) is 0 Å². The first-order valence-electron chi connectivity index (χ1n) is 6.45. The predicted molar refractivity (Wildman–Crippen MR) is 68.4 cm³/mol. The van der Waals surface area contributed by atoms with Crippen LogP contribution in [0.3, 0.4) is 0 Å². The van der Waals surface area contributed by atoms with Crippen molar-refractivity contribution in [3.63, 3.8) is 0 Å². The van der Waals surface area contributed by atoms with Gasteiger partial charge in [-0.25, -0.2) is 9.78 Å². The summed E-state index contributed by atoms with van der Waals surface area (Å²) < 4.78 is 11.3. The number of aromatic nitrogens is 1. The molecule has 5 heteroatoms. The highest BCUT2D eigenvalue weighted by molar-refractivity contribution is 6.00. The third-order valence-corrected chi connectivity index (χ3v) is 3.60. The van der Waals surface area contributed by atoms with Crippen LogP contribution in [-0.2, 0) is 4.74 Å². The Labute approximate surface area is 110 Å². The number of para-hydroxylation sites is 1. The van der Waals surface area contributed by atoms with Gasteiger partial charge in [0.05, 0.1) is 17.6 Å². The average molecular weight is 261 g/mol. The lowest BCUT2D eigenvalue weighted by molar-refractivity contribution is 0.0699. The summed E-state index contributed by atoms with van der Waals surface area (Å²) in [4.78, 5) is 15.5. The molecule has 5 nitrogen and oxygen atoms in total. The molecule has 3 rings (SSSR count). The fourth-order valence-corrected chi connectivity index (χ4v) is 2.63. The molecule has 19 heavy (non-hydrogen) atoms. The molecule has 0 radical (unpaired) electrons. The molecule has 0 bridgehead atoms. The molecule has 0 aliphatic carbocycles. The zero-order valence-corrected chi connectivity index (χ0v) is 10.6. The van der Waals surface area contributed by atoms with Crippen molar-refractivity contribution in [3.05, 3.63) is 29.7 Å². The van der Waals surface area contributed by atoms with Crippen molar-refractivity contribution in [1.29, 1.82) is 0 Å². The summed E-state index contributed by atoms with van der Waals surface area (Å²) >= 11 is 0. The van der Waals surface area contributed by atoms with E-state index >= 15 is 0 Å². The van der Waals surface area contributed by atoms with E-state index in [9.17, 15) is 4.79 Å². The fourth-order valence-electron chi connectivity index (χ4n) is 2.63. The van der Waals surface area contributed by atoms with E-state index in [1.54, 1.807) is 18.2 Å². The number of rotatable bonds is 3. The highest BCUT2D eigenvalue weighted by atomic mass is 16.5. The molecule has 1 aromatic carbocycles. The number of hydrogen-bond acceptors (Lipinski definition) is 4. The number of carboxylic acid groups (broad SMARTS) is 1. The van der Waals surface area contributed by atoms with Crippen molar-refractivity contribution in [1.82, 2.24) is 4.98 Å². The molecule has 1 aliphatic rings. The maximum absolute atomic E-state index is 11.2. The van der Waals surface area contributed by atoms with E-state index in [1.165, 1.54) is 0 Å². The van der Waals surface area contributed by atoms with Crippen molar-refractivity contribution >= 4 is 17.1 Å². The van der Waals surface area contributed by atoms with E-state index in [0.717, 1.165) is 12.8 Å². The Morgan fingerprint density at radius 1 is 1.53 bits per heavy atom. The molecule has 2 unspecified atom stereocenters. The molecule has 1 N–H and O–H groups in total. The van der Waals surface area contributed by atoms with Gasteiger partial charge in [0.25, 0.3) is 0 Å². The van der Waals surface area contributed by atoms with Crippen molar-refractivity contribution in [2.75, 3.05) is 6.61 Å². The van der Waals surface area contributed by atoms with Gasteiger partial charge in [-0.15, -0.1) is 0 Å². The Morgan fingerprint density at radius 3 is 3.11 bits per heavy atom. The Balaban J connectivity index is 2.06. The van der Waals surface area contributed by atoms with Gasteiger partial charge in [0.15, 0.2) is 5.58 Å². The van der Waals surface area contributed by atoms with Crippen molar-refractivity contribution in [3.8, 4) is 0 Å². The summed E-state index contributed by atoms with van der Waals surface area (Å²) in [5.74, 6) is -0.271. The molecule has 1 saturated heterocycles. The molecule has 1 fully saturated rings. The first-order valence-corrected chi connectivity index (χ1v) is 6.45. The third kappa shape index (κ3) is 2.00. The van der Waals surface area contributed by atoms with Crippen LogP contribution in [0.5, 0.6) is 0 Å². The molecule has 0 spiro atoms. The quantitative estimate of drug-likeness (QED) is 0.919. The lowest BCUT2D eigenvalue weighted by Crippen LogP contribution is -2.13. The number of fused-ring (bicyclic) bond motifs is 1. The lowest BCUT2D eigenvalue weighted by Gasteiger charge is -2.12. The molecule has 2 heterocycles. The fraction of sp³-hybridized carbons (Fsp3) is 0.429. The standard InChI is InChI=1S/C14H15NO4/c1-2-10-8(6-7-18-10)13-15-12-9(14(16)17)4-3-5-11(12)19-13/h3-5,8,10H,2,6-7H2,1H3,(H,16,17). The van der Waals surface area contributed by atoms with Crippen molar-refractivity contribution < 1.29 is 19.1 Å². The SMILES string of the molecule is CCC1OCCC1c1nc2c(C(=O)O)cccc2o1. The molecule has 100 valence electrons. The maximum Gasteiger partial charge on any atom is 0.338 e. The van der Waals surface area contributed by atoms with E-state index in [4.69, 9.17) is 14.3 Å². The van der Waals surface area contributed by atoms with Crippen LogP contribution in [0.4, 0.5) is 0 Å². The minimum absolute atomic E-state index is 0.112. The molecule has 0 amide bonds. The van der Waals surface area contributed by atoms with Crippen molar-refractivity contribution in [2.45, 2.75) is 31.8 Å². The second-order valence-corrected chi connectivity index (χ2v) is 4.72. The minimum atomic E-state index is -0.986. The van der Waals surface area contributed by atoms with Gasteiger partial charge in [0.1, 0.15) is 5.52 Å². The molecule has 2 aromatic rings. The first kappa shape index (κ1) is 12.2. The van der Waals surface area contributed by atoms with Gasteiger partial charge < -0.3 is 14.3 Å². The Hall–Kier alpha value is -1.88. The summed E-state index contributed by atoms with van der Waals surface area (Å²) in [5.41, 5.74) is 1.13. The van der Waals surface area contributed by atoms with Gasteiger partial charge in [-0.05, 0) is 25.0 Å². The Morgan fingerprint density at radius 2 is 2.37 bits per heavy atom. The molecule has 1 aromatic heterocycles. The minimum Gasteiger partial charge on any atom is -0.478 e. The topological polar surface area (TPSA) is 72.6 Å². The van der Waals surface area contributed by atoms with Gasteiger partial charge in [0.2, 0.25) is 5.89 Å². The predicted octanol–water partition coefficient (Wildman–Crippen LogP) is 2.81. The second kappa shape index (κ2) is 4.66. The zero-order valence-electron chi connectivity index (χ0n) is 10.6. The average Bonchev–Trinajstić information content (AvgIpc) is 3.03. The highest BCUT2D eigenvalue weighted by Crippen LogP contribution is 2.34. The summed E-state index contributed by atoms with van der Waals surface area (Å²) in [6, 6.07) is 4.96. The Bertz CT molecular complexity index is 619. The molecule has 1 aliphatic heterocycles. The number of ether oxygens (including phenoxy) is 1. The largest absolute Gasteiger partial charge is 0.478 e. The van der Waals surface area contributed by atoms with Crippen LogP contribution in [0.15, 0.2) is 22.6 Å². The molecular weight excluding hydrogens is 246 g/mol. The van der Waals surface area contributed by atoms with Crippen LogP contribution in [0.2, 0.25) is 0 Å². The van der Waals surface area contributed by atoms with E-state index in [-0.39, 0.29) is 17.6 Å². The zero-order chi connectivity index (χ0) is 13.4. The van der Waals surface area contributed by atoms with E-state index in [0.29, 0.717) is 23.6 Å². The van der Waals surface area contributed by atoms with Gasteiger partial charge in [-0.1, -0.05) is 13.0 Å². The summed E-state index contributed by atoms with van der Waals surface area (Å²) in [6.45, 7) is 2.77. The van der Waals surface area contributed by atoms with Gasteiger partial charge >= 0.3 is 5.97 Å². The van der Waals surface area contributed by atoms with Crippen LogP contribution in [-0.4, -0.2) is 28.8 Å². The number of oxazole rings is 1. The lowest BCUT2D eigenvalue weighted by atomic mass is 10.00. The molecule has 2 atom stereocenters. The molecular formula is C14H15NO4. The highest BCUT2D eigenvalue weighted by Gasteiger charge is 2.32.